The molecule has 17 heavy (non-hydrogen) atoms. The van der Waals surface area contributed by atoms with Crippen LogP contribution in [-0.2, 0) is 16.0 Å². The van der Waals surface area contributed by atoms with Crippen molar-refractivity contribution in [2.24, 2.45) is 5.92 Å². The summed E-state index contributed by atoms with van der Waals surface area (Å²) in [5, 5.41) is 17.6. The average Bonchev–Trinajstić information content (AvgIpc) is 2.36. The number of carbonyl (C=O) groups is 1. The third-order valence-corrected chi connectivity index (χ3v) is 2.22. The van der Waals surface area contributed by atoms with Crippen LogP contribution < -0.4 is 0 Å². The zero-order valence-corrected chi connectivity index (χ0v) is 9.51. The number of esters is 1. The summed E-state index contributed by atoms with van der Waals surface area (Å²) in [7, 11) is 0. The first-order valence-corrected chi connectivity index (χ1v) is 5.26. The van der Waals surface area contributed by atoms with E-state index < -0.39 is 11.9 Å². The molecule has 1 aromatic rings. The summed E-state index contributed by atoms with van der Waals surface area (Å²) in [6.45, 7) is 1.96. The van der Waals surface area contributed by atoms with Gasteiger partial charge in [0.05, 0.1) is 24.3 Å². The van der Waals surface area contributed by atoms with E-state index in [0.29, 0.717) is 5.56 Å². The third-order valence-electron chi connectivity index (χ3n) is 2.22. The van der Waals surface area contributed by atoms with Gasteiger partial charge < -0.3 is 4.74 Å². The predicted molar refractivity (Wildman–Crippen MR) is 60.6 cm³/mol. The molecule has 0 aromatic heterocycles. The lowest BCUT2D eigenvalue weighted by molar-refractivity contribution is -0.145. The Kier molecular flexibility index (Phi) is 4.72. The largest absolute Gasteiger partial charge is 0.465 e. The number of benzene rings is 1. The Balaban J connectivity index is 2.78. The third kappa shape index (κ3) is 3.62. The molecule has 0 amide bonds. The summed E-state index contributed by atoms with van der Waals surface area (Å²) in [5.41, 5.74) is 1.30. The maximum Gasteiger partial charge on any atom is 0.323 e. The van der Waals surface area contributed by atoms with E-state index in [4.69, 9.17) is 15.3 Å². The van der Waals surface area contributed by atoms with Gasteiger partial charge >= 0.3 is 5.97 Å². The van der Waals surface area contributed by atoms with Gasteiger partial charge in [-0.05, 0) is 31.0 Å². The fourth-order valence-electron chi connectivity index (χ4n) is 1.43. The number of hydrogen-bond donors (Lipinski definition) is 0. The highest BCUT2D eigenvalue weighted by Crippen LogP contribution is 2.11. The van der Waals surface area contributed by atoms with E-state index in [1.165, 1.54) is 0 Å². The molecule has 1 unspecified atom stereocenters. The van der Waals surface area contributed by atoms with Crippen molar-refractivity contribution in [1.29, 1.82) is 10.5 Å². The van der Waals surface area contributed by atoms with Gasteiger partial charge in [0.15, 0.2) is 0 Å². The molecule has 0 saturated carbocycles. The van der Waals surface area contributed by atoms with E-state index in [1.807, 2.05) is 12.1 Å². The van der Waals surface area contributed by atoms with Crippen molar-refractivity contribution in [3.8, 4) is 12.1 Å². The van der Waals surface area contributed by atoms with Gasteiger partial charge in [0.2, 0.25) is 0 Å². The second-order valence-electron chi connectivity index (χ2n) is 3.45. The Labute approximate surface area is 100 Å². The van der Waals surface area contributed by atoms with E-state index in [2.05, 4.69) is 0 Å². The van der Waals surface area contributed by atoms with Gasteiger partial charge in [0.1, 0.15) is 5.92 Å². The molecule has 4 heteroatoms. The van der Waals surface area contributed by atoms with Crippen LogP contribution in [0.15, 0.2) is 24.3 Å². The van der Waals surface area contributed by atoms with Gasteiger partial charge in [-0.1, -0.05) is 12.1 Å². The van der Waals surface area contributed by atoms with Crippen LogP contribution in [0.1, 0.15) is 18.1 Å². The van der Waals surface area contributed by atoms with Gasteiger partial charge in [0.25, 0.3) is 0 Å². The maximum absolute atomic E-state index is 11.4. The van der Waals surface area contributed by atoms with Gasteiger partial charge in [-0.3, -0.25) is 4.79 Å². The smallest absolute Gasteiger partial charge is 0.323 e. The number of rotatable bonds is 4. The first-order valence-electron chi connectivity index (χ1n) is 5.26. The highest BCUT2D eigenvalue weighted by atomic mass is 16.5. The second-order valence-corrected chi connectivity index (χ2v) is 3.45. The molecule has 86 valence electrons. The molecular formula is C13H12N2O2. The van der Waals surface area contributed by atoms with Crippen LogP contribution in [0.3, 0.4) is 0 Å². The fourth-order valence-corrected chi connectivity index (χ4v) is 1.43. The zero-order valence-electron chi connectivity index (χ0n) is 9.51. The molecule has 0 radical (unpaired) electrons. The van der Waals surface area contributed by atoms with E-state index in [0.717, 1.165) is 5.56 Å². The van der Waals surface area contributed by atoms with Crippen molar-refractivity contribution in [3.05, 3.63) is 35.4 Å². The summed E-state index contributed by atoms with van der Waals surface area (Å²) in [6.07, 6.45) is 0.269. The lowest BCUT2D eigenvalue weighted by Gasteiger charge is -2.08. The topological polar surface area (TPSA) is 73.9 Å². The van der Waals surface area contributed by atoms with E-state index in [9.17, 15) is 4.79 Å². The molecular weight excluding hydrogens is 216 g/mol. The first kappa shape index (κ1) is 12.7. The Morgan fingerprint density at radius 1 is 1.47 bits per heavy atom. The lowest BCUT2D eigenvalue weighted by Crippen LogP contribution is -2.18. The lowest BCUT2D eigenvalue weighted by atomic mass is 9.99. The summed E-state index contributed by atoms with van der Waals surface area (Å²) in [5.74, 6) is -1.33. The maximum atomic E-state index is 11.4. The van der Waals surface area contributed by atoms with Crippen LogP contribution in [0.4, 0.5) is 0 Å². The van der Waals surface area contributed by atoms with Crippen molar-refractivity contribution in [2.75, 3.05) is 6.61 Å². The predicted octanol–water partition coefficient (Wildman–Crippen LogP) is 1.80. The normalized spacial score (nSPS) is 11.0. The minimum absolute atomic E-state index is 0.259. The summed E-state index contributed by atoms with van der Waals surface area (Å²) in [6, 6.07) is 10.8. The summed E-state index contributed by atoms with van der Waals surface area (Å²) >= 11 is 0. The van der Waals surface area contributed by atoms with Crippen LogP contribution in [0, 0.1) is 28.6 Å². The molecule has 0 spiro atoms. The van der Waals surface area contributed by atoms with Crippen LogP contribution in [0.2, 0.25) is 0 Å². The molecule has 0 aliphatic carbocycles. The van der Waals surface area contributed by atoms with Crippen molar-refractivity contribution in [2.45, 2.75) is 13.3 Å². The molecule has 1 rings (SSSR count). The highest BCUT2D eigenvalue weighted by molar-refractivity contribution is 5.75. The Bertz CT molecular complexity index is 483. The van der Waals surface area contributed by atoms with Gasteiger partial charge in [0, 0.05) is 0 Å². The minimum atomic E-state index is -0.816. The van der Waals surface area contributed by atoms with Crippen LogP contribution in [0.25, 0.3) is 0 Å². The minimum Gasteiger partial charge on any atom is -0.465 e. The quantitative estimate of drug-likeness (QED) is 0.736. The first-order chi connectivity index (χ1) is 8.21. The zero-order chi connectivity index (χ0) is 12.7. The Hall–Kier alpha value is -2.33. The molecule has 0 saturated heterocycles. The molecule has 1 aromatic carbocycles. The molecule has 0 N–H and O–H groups in total. The fraction of sp³-hybridized carbons (Fsp3) is 0.308. The molecule has 0 bridgehead atoms. The summed E-state index contributed by atoms with van der Waals surface area (Å²) < 4.78 is 4.80. The van der Waals surface area contributed by atoms with E-state index in [1.54, 1.807) is 31.2 Å². The van der Waals surface area contributed by atoms with Crippen molar-refractivity contribution in [1.82, 2.24) is 0 Å². The number of nitriles is 2. The SMILES string of the molecule is CCOC(=O)C(C#N)Cc1cccc(C#N)c1. The van der Waals surface area contributed by atoms with Crippen molar-refractivity contribution < 1.29 is 9.53 Å². The molecule has 0 aliphatic heterocycles. The number of carbonyl (C=O) groups excluding carboxylic acids is 1. The molecule has 1 atom stereocenters. The standard InChI is InChI=1S/C13H12N2O2/c1-2-17-13(16)12(9-15)7-10-4-3-5-11(6-10)8-14/h3-6,12H,2,7H2,1H3. The van der Waals surface area contributed by atoms with Crippen LogP contribution >= 0.6 is 0 Å². The molecule has 4 nitrogen and oxygen atoms in total. The van der Waals surface area contributed by atoms with Crippen LogP contribution in [-0.4, -0.2) is 12.6 Å². The molecule has 0 aliphatic rings. The second kappa shape index (κ2) is 6.30. The van der Waals surface area contributed by atoms with Gasteiger partial charge in [-0.25, -0.2) is 0 Å². The number of hydrogen-bond acceptors (Lipinski definition) is 4. The van der Waals surface area contributed by atoms with Crippen molar-refractivity contribution in [3.63, 3.8) is 0 Å². The highest BCUT2D eigenvalue weighted by Gasteiger charge is 2.19. The molecule has 0 heterocycles. The van der Waals surface area contributed by atoms with E-state index in [-0.39, 0.29) is 13.0 Å². The summed E-state index contributed by atoms with van der Waals surface area (Å²) in [4.78, 5) is 11.4. The van der Waals surface area contributed by atoms with Crippen LogP contribution in [0.5, 0.6) is 0 Å². The van der Waals surface area contributed by atoms with Gasteiger partial charge in [-0.2, -0.15) is 10.5 Å². The van der Waals surface area contributed by atoms with E-state index >= 15 is 0 Å². The monoisotopic (exact) mass is 228 g/mol. The Morgan fingerprint density at radius 2 is 2.24 bits per heavy atom. The Morgan fingerprint density at radius 3 is 2.82 bits per heavy atom. The number of ether oxygens (including phenoxy) is 1. The average molecular weight is 228 g/mol. The van der Waals surface area contributed by atoms with Gasteiger partial charge in [-0.15, -0.1) is 0 Å². The molecule has 0 fully saturated rings. The van der Waals surface area contributed by atoms with Crippen molar-refractivity contribution >= 4 is 5.97 Å². The number of nitrogens with zero attached hydrogens (tertiary/aromatic N) is 2.